The van der Waals surface area contributed by atoms with Gasteiger partial charge < -0.3 is 11.5 Å². The zero-order chi connectivity index (χ0) is 5.49. The van der Waals surface area contributed by atoms with Crippen molar-refractivity contribution in [2.24, 2.45) is 17.4 Å². The minimum absolute atomic E-state index is 0.283. The highest BCUT2D eigenvalue weighted by molar-refractivity contribution is 5.01. The van der Waals surface area contributed by atoms with Crippen LogP contribution in [-0.4, -0.2) is 5.66 Å². The fourth-order valence-corrected chi connectivity index (χ4v) is 0.892. The molecule has 0 aromatic carbocycles. The third-order valence-corrected chi connectivity index (χ3v) is 1.69. The first-order valence-electron chi connectivity index (χ1n) is 2.74. The van der Waals surface area contributed by atoms with E-state index in [1.165, 1.54) is 0 Å². The Balaban J connectivity index is 2.30. The first-order chi connectivity index (χ1) is 3.17. The van der Waals surface area contributed by atoms with E-state index < -0.39 is 0 Å². The van der Waals surface area contributed by atoms with Crippen molar-refractivity contribution in [3.63, 3.8) is 0 Å². The van der Waals surface area contributed by atoms with Gasteiger partial charge in [-0.15, -0.1) is 0 Å². The molecule has 0 aromatic rings. The second kappa shape index (κ2) is 1.20. The Morgan fingerprint density at radius 1 is 1.71 bits per heavy atom. The van der Waals surface area contributed by atoms with Crippen LogP contribution in [0.4, 0.5) is 0 Å². The average Bonchev–Trinajstić information content (AvgIpc) is 2.13. The molecular formula is C5H12N2. The zero-order valence-corrected chi connectivity index (χ0v) is 4.65. The van der Waals surface area contributed by atoms with Gasteiger partial charge in [0.25, 0.3) is 0 Å². The molecule has 0 radical (unpaired) electrons. The van der Waals surface area contributed by atoms with Crippen LogP contribution in [0.15, 0.2) is 0 Å². The van der Waals surface area contributed by atoms with Crippen molar-refractivity contribution in [3.8, 4) is 0 Å². The maximum atomic E-state index is 5.50. The van der Waals surface area contributed by atoms with Gasteiger partial charge in [-0.1, -0.05) is 13.3 Å². The first kappa shape index (κ1) is 5.06. The van der Waals surface area contributed by atoms with Crippen molar-refractivity contribution >= 4 is 0 Å². The van der Waals surface area contributed by atoms with Crippen molar-refractivity contribution in [2.75, 3.05) is 0 Å². The molecule has 1 saturated carbocycles. The van der Waals surface area contributed by atoms with E-state index in [0.29, 0.717) is 5.92 Å². The third kappa shape index (κ3) is 0.763. The van der Waals surface area contributed by atoms with Gasteiger partial charge in [0.05, 0.1) is 5.66 Å². The van der Waals surface area contributed by atoms with Crippen LogP contribution in [0.1, 0.15) is 19.8 Å². The van der Waals surface area contributed by atoms with Crippen LogP contribution in [-0.2, 0) is 0 Å². The highest BCUT2D eigenvalue weighted by atomic mass is 15.0. The molecule has 7 heavy (non-hydrogen) atoms. The Labute approximate surface area is 43.9 Å². The zero-order valence-electron chi connectivity index (χ0n) is 4.65. The monoisotopic (exact) mass is 100 g/mol. The van der Waals surface area contributed by atoms with Crippen LogP contribution < -0.4 is 11.5 Å². The topological polar surface area (TPSA) is 52.0 Å². The van der Waals surface area contributed by atoms with Gasteiger partial charge in [0, 0.05) is 0 Å². The predicted octanol–water partition coefficient (Wildman–Crippen LogP) is 0.0300. The maximum absolute atomic E-state index is 5.50. The van der Waals surface area contributed by atoms with Gasteiger partial charge in [0.2, 0.25) is 0 Å². The van der Waals surface area contributed by atoms with Gasteiger partial charge >= 0.3 is 0 Å². The van der Waals surface area contributed by atoms with Crippen LogP contribution in [0.3, 0.4) is 0 Å². The summed E-state index contributed by atoms with van der Waals surface area (Å²) in [7, 11) is 0. The van der Waals surface area contributed by atoms with Gasteiger partial charge in [-0.2, -0.15) is 0 Å². The fraction of sp³-hybridized carbons (Fsp3) is 1.00. The molecule has 42 valence electrons. The van der Waals surface area contributed by atoms with E-state index in [9.17, 15) is 0 Å². The lowest BCUT2D eigenvalue weighted by Gasteiger charge is -1.97. The Kier molecular flexibility index (Phi) is 0.869. The van der Waals surface area contributed by atoms with Crippen molar-refractivity contribution in [3.05, 3.63) is 0 Å². The Morgan fingerprint density at radius 2 is 2.14 bits per heavy atom. The summed E-state index contributed by atoms with van der Waals surface area (Å²) in [6.07, 6.45) is 2.15. The Morgan fingerprint density at radius 3 is 2.14 bits per heavy atom. The molecule has 1 aliphatic rings. The molecule has 1 unspecified atom stereocenters. The summed E-state index contributed by atoms with van der Waals surface area (Å²) in [5.74, 6) is 0.604. The van der Waals surface area contributed by atoms with Gasteiger partial charge in [-0.05, 0) is 12.3 Å². The van der Waals surface area contributed by atoms with Crippen molar-refractivity contribution in [2.45, 2.75) is 25.4 Å². The van der Waals surface area contributed by atoms with Crippen molar-refractivity contribution in [1.29, 1.82) is 0 Å². The SMILES string of the molecule is CCC1CC1(N)N. The van der Waals surface area contributed by atoms with Crippen LogP contribution >= 0.6 is 0 Å². The third-order valence-electron chi connectivity index (χ3n) is 1.69. The Bertz CT molecular complexity index is 78.1. The summed E-state index contributed by atoms with van der Waals surface area (Å²) in [4.78, 5) is 0. The molecule has 1 atom stereocenters. The number of nitrogens with two attached hydrogens (primary N) is 2. The summed E-state index contributed by atoms with van der Waals surface area (Å²) in [6.45, 7) is 2.12. The lowest BCUT2D eigenvalue weighted by molar-refractivity contribution is 0.606. The van der Waals surface area contributed by atoms with Crippen molar-refractivity contribution < 1.29 is 0 Å². The van der Waals surface area contributed by atoms with E-state index >= 15 is 0 Å². The minimum atomic E-state index is -0.283. The summed E-state index contributed by atoms with van der Waals surface area (Å²) in [5.41, 5.74) is 10.7. The van der Waals surface area contributed by atoms with Gasteiger partial charge in [0.1, 0.15) is 0 Å². The standard InChI is InChI=1S/C5H12N2/c1-2-4-3-5(4,6)7/h4H,2-3,6-7H2,1H3. The molecule has 0 heterocycles. The van der Waals surface area contributed by atoms with Crippen LogP contribution in [0.2, 0.25) is 0 Å². The average molecular weight is 100 g/mol. The largest absolute Gasteiger partial charge is 0.313 e. The van der Waals surface area contributed by atoms with Gasteiger partial charge in [-0.25, -0.2) is 0 Å². The normalized spacial score (nSPS) is 35.6. The van der Waals surface area contributed by atoms with Gasteiger partial charge in [0.15, 0.2) is 0 Å². The summed E-state index contributed by atoms with van der Waals surface area (Å²) in [5, 5.41) is 0. The van der Waals surface area contributed by atoms with E-state index in [0.717, 1.165) is 12.8 Å². The lowest BCUT2D eigenvalue weighted by atomic mass is 10.3. The van der Waals surface area contributed by atoms with E-state index in [1.807, 2.05) is 0 Å². The smallest absolute Gasteiger partial charge is 0.0670 e. The van der Waals surface area contributed by atoms with Crippen LogP contribution in [0.25, 0.3) is 0 Å². The molecule has 1 aliphatic carbocycles. The molecule has 0 spiro atoms. The molecule has 0 bridgehead atoms. The Hall–Kier alpha value is -0.0800. The molecule has 0 aromatic heterocycles. The molecule has 1 fully saturated rings. The van der Waals surface area contributed by atoms with E-state index in [2.05, 4.69) is 6.92 Å². The maximum Gasteiger partial charge on any atom is 0.0670 e. The molecule has 0 aliphatic heterocycles. The molecule has 2 heteroatoms. The van der Waals surface area contributed by atoms with Gasteiger partial charge in [-0.3, -0.25) is 0 Å². The highest BCUT2D eigenvalue weighted by Gasteiger charge is 2.45. The minimum Gasteiger partial charge on any atom is -0.313 e. The molecular weight excluding hydrogens is 88.1 g/mol. The lowest BCUT2D eigenvalue weighted by Crippen LogP contribution is -2.35. The summed E-state index contributed by atoms with van der Waals surface area (Å²) < 4.78 is 0. The molecule has 1 rings (SSSR count). The second-order valence-electron chi connectivity index (χ2n) is 2.42. The van der Waals surface area contributed by atoms with Crippen molar-refractivity contribution in [1.82, 2.24) is 0 Å². The number of hydrogen-bond acceptors (Lipinski definition) is 2. The summed E-state index contributed by atoms with van der Waals surface area (Å²) in [6, 6.07) is 0. The van der Waals surface area contributed by atoms with Crippen LogP contribution in [0.5, 0.6) is 0 Å². The summed E-state index contributed by atoms with van der Waals surface area (Å²) >= 11 is 0. The molecule has 4 N–H and O–H groups in total. The molecule has 0 amide bonds. The van der Waals surface area contributed by atoms with E-state index in [-0.39, 0.29) is 5.66 Å². The van der Waals surface area contributed by atoms with Crippen LogP contribution in [0, 0.1) is 5.92 Å². The molecule has 2 nitrogen and oxygen atoms in total. The fourth-order valence-electron chi connectivity index (χ4n) is 0.892. The quantitative estimate of drug-likeness (QED) is 0.457. The predicted molar refractivity (Wildman–Crippen MR) is 29.5 cm³/mol. The number of rotatable bonds is 1. The highest BCUT2D eigenvalue weighted by Crippen LogP contribution is 2.38. The number of hydrogen-bond donors (Lipinski definition) is 2. The van der Waals surface area contributed by atoms with E-state index in [1.54, 1.807) is 0 Å². The second-order valence-corrected chi connectivity index (χ2v) is 2.42. The molecule has 0 saturated heterocycles. The van der Waals surface area contributed by atoms with E-state index in [4.69, 9.17) is 11.5 Å². The first-order valence-corrected chi connectivity index (χ1v) is 2.74.